The molecule has 1 aromatic rings. The van der Waals surface area contributed by atoms with E-state index in [9.17, 15) is 18.0 Å². The highest BCUT2D eigenvalue weighted by Gasteiger charge is 2.38. The lowest BCUT2D eigenvalue weighted by atomic mass is 10.1. The van der Waals surface area contributed by atoms with E-state index >= 15 is 0 Å². The van der Waals surface area contributed by atoms with Gasteiger partial charge < -0.3 is 10.1 Å². The van der Waals surface area contributed by atoms with Gasteiger partial charge in [0.05, 0.1) is 22.3 Å². The Kier molecular flexibility index (Phi) is 5.16. The molecular weight excluding hydrogens is 367 g/mol. The summed E-state index contributed by atoms with van der Waals surface area (Å²) >= 11 is 2.88. The molecule has 0 aromatic carbocycles. The molecule has 9 heteroatoms. The molecule has 1 aliphatic rings. The average Bonchev–Trinajstić information content (AvgIpc) is 3.02. The van der Waals surface area contributed by atoms with Gasteiger partial charge in [-0.05, 0) is 42.6 Å². The van der Waals surface area contributed by atoms with Crippen LogP contribution in [0.2, 0.25) is 0 Å². The zero-order valence-electron chi connectivity index (χ0n) is 12.2. The fourth-order valence-electron chi connectivity index (χ4n) is 2.38. The first kappa shape index (κ1) is 17.3. The van der Waals surface area contributed by atoms with Crippen molar-refractivity contribution in [1.82, 2.24) is 15.1 Å². The van der Waals surface area contributed by atoms with Crippen molar-refractivity contribution in [3.05, 3.63) is 15.9 Å². The summed E-state index contributed by atoms with van der Waals surface area (Å²) in [7, 11) is 0. The van der Waals surface area contributed by atoms with Crippen LogP contribution in [0.4, 0.5) is 13.2 Å². The van der Waals surface area contributed by atoms with Gasteiger partial charge in [0.25, 0.3) is 0 Å². The van der Waals surface area contributed by atoms with Crippen LogP contribution in [0.5, 0.6) is 0 Å². The summed E-state index contributed by atoms with van der Waals surface area (Å²) in [6.45, 7) is 3.70. The second-order valence-electron chi connectivity index (χ2n) is 5.31. The third-order valence-electron chi connectivity index (χ3n) is 3.61. The van der Waals surface area contributed by atoms with Crippen LogP contribution in [0.3, 0.4) is 0 Å². The van der Waals surface area contributed by atoms with Crippen molar-refractivity contribution in [2.45, 2.75) is 51.6 Å². The van der Waals surface area contributed by atoms with Crippen LogP contribution >= 0.6 is 15.9 Å². The summed E-state index contributed by atoms with van der Waals surface area (Å²) in [5.41, 5.74) is -0.766. The van der Waals surface area contributed by atoms with Crippen LogP contribution in [-0.4, -0.2) is 34.4 Å². The standard InChI is InChI=1S/C13H17BrF3N3O2/c1-7(9-4-3-5-22-9)18-10(21)6-20-8(2)11(14)12(19-20)13(15,16)17/h7,9H,3-6H2,1-2H3,(H,18,21)/t7-,9-/m1/s1. The van der Waals surface area contributed by atoms with Crippen LogP contribution in [-0.2, 0) is 22.3 Å². The summed E-state index contributed by atoms with van der Waals surface area (Å²) in [5.74, 6) is -0.394. The number of carbonyl (C=O) groups excluding carboxylic acids is 1. The highest BCUT2D eigenvalue weighted by atomic mass is 79.9. The van der Waals surface area contributed by atoms with Gasteiger partial charge in [0.1, 0.15) is 6.54 Å². The van der Waals surface area contributed by atoms with E-state index < -0.39 is 17.8 Å². The molecule has 2 rings (SSSR count). The number of halogens is 4. The first-order valence-electron chi connectivity index (χ1n) is 6.91. The van der Waals surface area contributed by atoms with Gasteiger partial charge in [-0.25, -0.2) is 0 Å². The van der Waals surface area contributed by atoms with E-state index in [0.717, 1.165) is 17.5 Å². The first-order chi connectivity index (χ1) is 10.2. The largest absolute Gasteiger partial charge is 0.436 e. The van der Waals surface area contributed by atoms with Crippen LogP contribution in [0.1, 0.15) is 31.2 Å². The van der Waals surface area contributed by atoms with E-state index in [1.54, 1.807) is 0 Å². The summed E-state index contributed by atoms with van der Waals surface area (Å²) in [6, 6.07) is -0.184. The lowest BCUT2D eigenvalue weighted by Crippen LogP contribution is -2.42. The van der Waals surface area contributed by atoms with E-state index in [0.29, 0.717) is 6.61 Å². The number of alkyl halides is 3. The van der Waals surface area contributed by atoms with Crippen molar-refractivity contribution in [3.63, 3.8) is 0 Å². The lowest BCUT2D eigenvalue weighted by Gasteiger charge is -2.20. The molecule has 1 aliphatic heterocycles. The van der Waals surface area contributed by atoms with Crippen molar-refractivity contribution in [2.75, 3.05) is 6.61 Å². The molecule has 1 amide bonds. The van der Waals surface area contributed by atoms with Crippen LogP contribution in [0, 0.1) is 6.92 Å². The summed E-state index contributed by atoms with van der Waals surface area (Å²) in [4.78, 5) is 12.0. The molecule has 0 aliphatic carbocycles. The maximum absolute atomic E-state index is 12.8. The minimum absolute atomic E-state index is 0.0415. The Morgan fingerprint density at radius 3 is 2.77 bits per heavy atom. The third kappa shape index (κ3) is 3.81. The van der Waals surface area contributed by atoms with E-state index in [2.05, 4.69) is 26.3 Å². The maximum atomic E-state index is 12.8. The van der Waals surface area contributed by atoms with E-state index in [1.165, 1.54) is 6.92 Å². The van der Waals surface area contributed by atoms with Gasteiger partial charge in [0.2, 0.25) is 5.91 Å². The molecule has 2 heterocycles. The minimum Gasteiger partial charge on any atom is -0.376 e. The number of rotatable bonds is 4. The van der Waals surface area contributed by atoms with E-state index in [1.807, 2.05) is 6.92 Å². The van der Waals surface area contributed by atoms with Crippen LogP contribution < -0.4 is 5.32 Å². The Bertz CT molecular complexity index is 553. The van der Waals surface area contributed by atoms with Gasteiger partial charge in [-0.3, -0.25) is 9.48 Å². The second kappa shape index (κ2) is 6.57. The highest BCUT2D eigenvalue weighted by molar-refractivity contribution is 9.10. The highest BCUT2D eigenvalue weighted by Crippen LogP contribution is 2.35. The SMILES string of the molecule is Cc1c(Br)c(C(F)(F)F)nn1CC(=O)N[C@H](C)[C@H]1CCCO1. The zero-order valence-corrected chi connectivity index (χ0v) is 13.8. The first-order valence-corrected chi connectivity index (χ1v) is 7.70. The Morgan fingerprint density at radius 1 is 1.59 bits per heavy atom. The molecule has 1 aromatic heterocycles. The Hall–Kier alpha value is -1.09. The van der Waals surface area contributed by atoms with E-state index in [-0.39, 0.29) is 28.9 Å². The number of nitrogens with one attached hydrogen (secondary N) is 1. The molecule has 5 nitrogen and oxygen atoms in total. The van der Waals surface area contributed by atoms with Crippen molar-refractivity contribution in [2.24, 2.45) is 0 Å². The molecule has 124 valence electrons. The predicted molar refractivity (Wildman–Crippen MR) is 76.2 cm³/mol. The van der Waals surface area contributed by atoms with Crippen molar-refractivity contribution < 1.29 is 22.7 Å². The molecule has 1 N–H and O–H groups in total. The van der Waals surface area contributed by atoms with Crippen molar-refractivity contribution in [3.8, 4) is 0 Å². The number of nitrogens with zero attached hydrogens (tertiary/aromatic N) is 2. The molecule has 1 fully saturated rings. The van der Waals surface area contributed by atoms with Gasteiger partial charge in [-0.2, -0.15) is 18.3 Å². The summed E-state index contributed by atoms with van der Waals surface area (Å²) in [5, 5.41) is 6.22. The number of hydrogen-bond donors (Lipinski definition) is 1. The van der Waals surface area contributed by atoms with Crippen molar-refractivity contribution in [1.29, 1.82) is 0 Å². The molecule has 0 unspecified atom stereocenters. The molecule has 0 bridgehead atoms. The van der Waals surface area contributed by atoms with Gasteiger partial charge in [-0.15, -0.1) is 0 Å². The maximum Gasteiger partial charge on any atom is 0.436 e. The number of aromatic nitrogens is 2. The second-order valence-corrected chi connectivity index (χ2v) is 6.10. The smallest absolute Gasteiger partial charge is 0.376 e. The normalized spacial score (nSPS) is 20.2. The van der Waals surface area contributed by atoms with Gasteiger partial charge in [0.15, 0.2) is 5.69 Å². The fourth-order valence-corrected chi connectivity index (χ4v) is 2.89. The quantitative estimate of drug-likeness (QED) is 0.869. The number of ether oxygens (including phenoxy) is 1. The van der Waals surface area contributed by atoms with Crippen LogP contribution in [0.25, 0.3) is 0 Å². The third-order valence-corrected chi connectivity index (χ3v) is 4.56. The molecule has 1 saturated heterocycles. The lowest BCUT2D eigenvalue weighted by molar-refractivity contribution is -0.142. The van der Waals surface area contributed by atoms with Gasteiger partial charge >= 0.3 is 6.18 Å². The summed E-state index contributed by atoms with van der Waals surface area (Å²) in [6.07, 6.45) is -2.78. The topological polar surface area (TPSA) is 56.2 Å². The monoisotopic (exact) mass is 383 g/mol. The Morgan fingerprint density at radius 2 is 2.27 bits per heavy atom. The number of carbonyl (C=O) groups is 1. The minimum atomic E-state index is -4.56. The molecule has 0 saturated carbocycles. The number of hydrogen-bond acceptors (Lipinski definition) is 3. The molecule has 22 heavy (non-hydrogen) atoms. The van der Waals surface area contributed by atoms with Crippen LogP contribution in [0.15, 0.2) is 4.47 Å². The molecular formula is C13H17BrF3N3O2. The van der Waals surface area contributed by atoms with E-state index in [4.69, 9.17) is 4.74 Å². The zero-order chi connectivity index (χ0) is 16.5. The molecule has 0 radical (unpaired) electrons. The molecule has 2 atom stereocenters. The Labute approximate surface area is 134 Å². The fraction of sp³-hybridized carbons (Fsp3) is 0.692. The average molecular weight is 384 g/mol. The predicted octanol–water partition coefficient (Wildman–Crippen LogP) is 2.66. The van der Waals surface area contributed by atoms with Gasteiger partial charge in [0, 0.05) is 6.61 Å². The Balaban J connectivity index is 2.02. The summed E-state index contributed by atoms with van der Waals surface area (Å²) < 4.78 is 44.7. The van der Waals surface area contributed by atoms with Gasteiger partial charge in [-0.1, -0.05) is 0 Å². The van der Waals surface area contributed by atoms with Crippen molar-refractivity contribution >= 4 is 21.8 Å². The molecule has 0 spiro atoms. The number of amides is 1.